The second-order valence-electron chi connectivity index (χ2n) is 5.22. The Morgan fingerprint density at radius 2 is 1.80 bits per heavy atom. The van der Waals surface area contributed by atoms with Crippen molar-refractivity contribution in [1.82, 2.24) is 4.72 Å². The van der Waals surface area contributed by atoms with E-state index in [2.05, 4.69) is 15.9 Å². The Hall–Kier alpha value is -2.13. The zero-order valence-corrected chi connectivity index (χ0v) is 15.2. The van der Waals surface area contributed by atoms with Crippen LogP contribution in [-0.2, 0) is 10.0 Å². The summed E-state index contributed by atoms with van der Waals surface area (Å²) in [6.45, 7) is 0.865. The zero-order chi connectivity index (χ0) is 18.0. The third-order valence-electron chi connectivity index (χ3n) is 3.43. The van der Waals surface area contributed by atoms with Gasteiger partial charge in [0.05, 0.1) is 23.7 Å². The van der Waals surface area contributed by atoms with Crippen molar-refractivity contribution in [3.05, 3.63) is 52.3 Å². The first kappa shape index (κ1) is 17.7. The van der Waals surface area contributed by atoms with Gasteiger partial charge < -0.3 is 9.47 Å². The maximum atomic E-state index is 13.8. The molecule has 1 N–H and O–H groups in total. The molecule has 6 nitrogen and oxygen atoms in total. The van der Waals surface area contributed by atoms with Crippen LogP contribution in [-0.4, -0.2) is 27.5 Å². The summed E-state index contributed by atoms with van der Waals surface area (Å²) in [7, 11) is -4.20. The van der Waals surface area contributed by atoms with Crippen molar-refractivity contribution < 1.29 is 27.1 Å². The SMILES string of the molecule is O=C(NS(=O)(=O)c1ccc2c(c1)OCCCO2)c1cc(Br)ccc1F. The van der Waals surface area contributed by atoms with Gasteiger partial charge in [-0.3, -0.25) is 4.79 Å². The Morgan fingerprint density at radius 1 is 1.08 bits per heavy atom. The first-order valence-corrected chi connectivity index (χ1v) is 9.56. The van der Waals surface area contributed by atoms with Gasteiger partial charge >= 0.3 is 0 Å². The second kappa shape index (κ2) is 7.01. The van der Waals surface area contributed by atoms with Gasteiger partial charge in [-0.25, -0.2) is 17.5 Å². The fourth-order valence-corrected chi connectivity index (χ4v) is 3.56. The van der Waals surface area contributed by atoms with Gasteiger partial charge in [0, 0.05) is 17.0 Å². The number of fused-ring (bicyclic) bond motifs is 1. The summed E-state index contributed by atoms with van der Waals surface area (Å²) in [5.74, 6) is -1.18. The van der Waals surface area contributed by atoms with Crippen LogP contribution in [0.5, 0.6) is 11.5 Å². The molecule has 1 aliphatic rings. The van der Waals surface area contributed by atoms with Crippen LogP contribution in [0.1, 0.15) is 16.8 Å². The number of sulfonamides is 1. The minimum atomic E-state index is -4.20. The topological polar surface area (TPSA) is 81.7 Å². The molecule has 0 spiro atoms. The highest BCUT2D eigenvalue weighted by atomic mass is 79.9. The second-order valence-corrected chi connectivity index (χ2v) is 7.82. The number of hydrogen-bond donors (Lipinski definition) is 1. The van der Waals surface area contributed by atoms with Crippen LogP contribution >= 0.6 is 15.9 Å². The minimum absolute atomic E-state index is 0.180. The van der Waals surface area contributed by atoms with E-state index in [4.69, 9.17) is 9.47 Å². The van der Waals surface area contributed by atoms with E-state index in [9.17, 15) is 17.6 Å². The molecule has 132 valence electrons. The van der Waals surface area contributed by atoms with E-state index in [1.54, 1.807) is 0 Å². The fraction of sp³-hybridized carbons (Fsp3) is 0.188. The van der Waals surface area contributed by atoms with Crippen molar-refractivity contribution in [2.45, 2.75) is 11.3 Å². The van der Waals surface area contributed by atoms with E-state index < -0.39 is 21.7 Å². The number of ether oxygens (including phenoxy) is 2. The van der Waals surface area contributed by atoms with Gasteiger partial charge in [-0.2, -0.15) is 0 Å². The van der Waals surface area contributed by atoms with E-state index >= 15 is 0 Å². The molecule has 2 aromatic carbocycles. The number of nitrogens with one attached hydrogen (secondary N) is 1. The lowest BCUT2D eigenvalue weighted by molar-refractivity contribution is 0.0977. The van der Waals surface area contributed by atoms with Crippen LogP contribution in [0.3, 0.4) is 0 Å². The minimum Gasteiger partial charge on any atom is -0.490 e. The lowest BCUT2D eigenvalue weighted by Crippen LogP contribution is -2.31. The Morgan fingerprint density at radius 3 is 2.56 bits per heavy atom. The van der Waals surface area contributed by atoms with Crippen LogP contribution in [0.2, 0.25) is 0 Å². The molecule has 0 radical (unpaired) electrons. The number of carbonyl (C=O) groups excluding carboxylic acids is 1. The molecule has 9 heteroatoms. The molecule has 1 amide bonds. The number of amides is 1. The average Bonchev–Trinajstić information content (AvgIpc) is 2.81. The molecule has 1 aliphatic heterocycles. The van der Waals surface area contributed by atoms with Crippen LogP contribution in [0.25, 0.3) is 0 Å². The molecule has 0 bridgehead atoms. The van der Waals surface area contributed by atoms with Gasteiger partial charge in [-0.1, -0.05) is 15.9 Å². The normalized spacial score (nSPS) is 13.8. The van der Waals surface area contributed by atoms with E-state index in [-0.39, 0.29) is 16.2 Å². The summed E-state index contributed by atoms with van der Waals surface area (Å²) in [5, 5.41) is 0. The Balaban J connectivity index is 1.88. The van der Waals surface area contributed by atoms with Crippen LogP contribution in [0.4, 0.5) is 4.39 Å². The van der Waals surface area contributed by atoms with Crippen molar-refractivity contribution in [3.8, 4) is 11.5 Å². The summed E-state index contributed by atoms with van der Waals surface area (Å²) < 4.78 is 51.8. The summed E-state index contributed by atoms with van der Waals surface area (Å²) in [4.78, 5) is 12.0. The molecular weight excluding hydrogens is 417 g/mol. The standard InChI is InChI=1S/C16H13BrFNO5S/c17-10-2-4-13(18)12(8-10)16(20)19-25(21,22)11-3-5-14-15(9-11)24-7-1-6-23-14/h2-5,8-9H,1,6-7H2,(H,19,20). The number of halogens is 2. The van der Waals surface area contributed by atoms with E-state index in [1.165, 1.54) is 30.3 Å². The van der Waals surface area contributed by atoms with Crippen LogP contribution in [0, 0.1) is 5.82 Å². The fourth-order valence-electron chi connectivity index (χ4n) is 2.22. The lowest BCUT2D eigenvalue weighted by Gasteiger charge is -2.11. The molecular formula is C16H13BrFNO5S. The van der Waals surface area contributed by atoms with Gasteiger partial charge in [0.2, 0.25) is 0 Å². The van der Waals surface area contributed by atoms with E-state index in [0.717, 1.165) is 6.07 Å². The Labute approximate surface area is 152 Å². The first-order chi connectivity index (χ1) is 11.9. The molecule has 25 heavy (non-hydrogen) atoms. The quantitative estimate of drug-likeness (QED) is 0.810. The third kappa shape index (κ3) is 3.93. The summed E-state index contributed by atoms with van der Waals surface area (Å²) in [5.41, 5.74) is -0.382. The number of hydrogen-bond acceptors (Lipinski definition) is 5. The molecule has 0 aliphatic carbocycles. The molecule has 0 saturated heterocycles. The van der Waals surface area contributed by atoms with Gasteiger partial charge in [0.15, 0.2) is 11.5 Å². The average molecular weight is 430 g/mol. The highest BCUT2D eigenvalue weighted by molar-refractivity contribution is 9.10. The van der Waals surface area contributed by atoms with Crippen molar-refractivity contribution in [3.63, 3.8) is 0 Å². The molecule has 3 rings (SSSR count). The maximum absolute atomic E-state index is 13.8. The van der Waals surface area contributed by atoms with Crippen molar-refractivity contribution >= 4 is 31.9 Å². The Bertz CT molecular complexity index is 932. The summed E-state index contributed by atoms with van der Waals surface area (Å²) >= 11 is 3.11. The summed E-state index contributed by atoms with van der Waals surface area (Å²) in [6.07, 6.45) is 0.676. The van der Waals surface area contributed by atoms with Crippen molar-refractivity contribution in [2.75, 3.05) is 13.2 Å². The van der Waals surface area contributed by atoms with Gasteiger partial charge in [-0.15, -0.1) is 0 Å². The molecule has 0 aromatic heterocycles. The molecule has 0 atom stereocenters. The van der Waals surface area contributed by atoms with E-state index in [1.807, 2.05) is 4.72 Å². The van der Waals surface area contributed by atoms with Crippen LogP contribution < -0.4 is 14.2 Å². The Kier molecular flexibility index (Phi) is 4.96. The number of benzene rings is 2. The number of rotatable bonds is 3. The molecule has 0 fully saturated rings. The van der Waals surface area contributed by atoms with Crippen molar-refractivity contribution in [2.24, 2.45) is 0 Å². The molecule has 0 saturated carbocycles. The smallest absolute Gasteiger partial charge is 0.268 e. The van der Waals surface area contributed by atoms with Crippen molar-refractivity contribution in [1.29, 1.82) is 0 Å². The first-order valence-electron chi connectivity index (χ1n) is 7.29. The predicted octanol–water partition coefficient (Wildman–Crippen LogP) is 2.87. The zero-order valence-electron chi connectivity index (χ0n) is 12.8. The third-order valence-corrected chi connectivity index (χ3v) is 5.25. The van der Waals surface area contributed by atoms with Gasteiger partial charge in [0.25, 0.3) is 15.9 Å². The largest absolute Gasteiger partial charge is 0.490 e. The summed E-state index contributed by atoms with van der Waals surface area (Å²) in [6, 6.07) is 7.70. The molecule has 2 aromatic rings. The predicted molar refractivity (Wildman–Crippen MR) is 90.8 cm³/mol. The highest BCUT2D eigenvalue weighted by Crippen LogP contribution is 2.31. The van der Waals surface area contributed by atoms with Gasteiger partial charge in [-0.05, 0) is 30.3 Å². The van der Waals surface area contributed by atoms with Gasteiger partial charge in [0.1, 0.15) is 5.82 Å². The van der Waals surface area contributed by atoms with E-state index in [0.29, 0.717) is 29.9 Å². The molecule has 1 heterocycles. The lowest BCUT2D eigenvalue weighted by atomic mass is 10.2. The number of carbonyl (C=O) groups is 1. The van der Waals surface area contributed by atoms with Crippen LogP contribution in [0.15, 0.2) is 45.8 Å². The highest BCUT2D eigenvalue weighted by Gasteiger charge is 2.23. The maximum Gasteiger partial charge on any atom is 0.268 e. The molecule has 0 unspecified atom stereocenters. The monoisotopic (exact) mass is 429 g/mol.